The number of hydrogen-bond acceptors (Lipinski definition) is 4. The second-order valence-corrected chi connectivity index (χ2v) is 8.29. The number of amides is 1. The second-order valence-electron chi connectivity index (χ2n) is 7.37. The van der Waals surface area contributed by atoms with Crippen LogP contribution in [0.25, 0.3) is 22.8 Å². The van der Waals surface area contributed by atoms with Crippen molar-refractivity contribution in [2.75, 3.05) is 12.4 Å². The average molecular weight is 491 g/mol. The summed E-state index contributed by atoms with van der Waals surface area (Å²) in [4.78, 5) is 14.2. The fourth-order valence-electron chi connectivity index (χ4n) is 3.36. The molecule has 7 heteroatoms. The normalized spacial score (nSPS) is 11.2. The molecule has 0 atom stereocenters. The highest BCUT2D eigenvalue weighted by Crippen LogP contribution is 2.25. The third-order valence-corrected chi connectivity index (χ3v) is 5.66. The highest BCUT2D eigenvalue weighted by atomic mass is 79.9. The third kappa shape index (κ3) is 4.73. The molecule has 0 radical (unpaired) electrons. The minimum Gasteiger partial charge on any atom is -0.496 e. The number of aryl methyl sites for hydroxylation is 2. The van der Waals surface area contributed by atoms with Crippen LogP contribution in [0.3, 0.4) is 0 Å². The number of nitrogens with one attached hydrogen (secondary N) is 1. The van der Waals surface area contributed by atoms with E-state index in [1.807, 2.05) is 49.4 Å². The number of nitrogens with zero attached hydrogens (tertiary/aromatic N) is 3. The quantitative estimate of drug-likeness (QED) is 0.351. The van der Waals surface area contributed by atoms with Crippen LogP contribution in [-0.2, 0) is 11.2 Å². The predicted molar refractivity (Wildman–Crippen MR) is 131 cm³/mol. The maximum absolute atomic E-state index is 12.6. The standard InChI is InChI=1S/C25H23BrN4O2/c1-4-17-5-9-20(10-6-17)30-28-22-13-16(2)21(15-23(22)29-30)27-25(31)12-7-18-14-19(26)8-11-24(18)32-3/h5-15H,4H2,1-3H3,(H,27,31)/b12-7+. The number of ether oxygens (including phenoxy) is 1. The van der Waals surface area contributed by atoms with E-state index >= 15 is 0 Å². The van der Waals surface area contributed by atoms with Crippen molar-refractivity contribution in [2.24, 2.45) is 0 Å². The first-order chi connectivity index (χ1) is 15.5. The molecule has 4 rings (SSSR count). The Bertz CT molecular complexity index is 1310. The van der Waals surface area contributed by atoms with E-state index in [1.54, 1.807) is 18.0 Å². The van der Waals surface area contributed by atoms with Crippen LogP contribution in [0.5, 0.6) is 5.75 Å². The van der Waals surface area contributed by atoms with Gasteiger partial charge in [-0.05, 0) is 73.0 Å². The number of halogens is 1. The van der Waals surface area contributed by atoms with Gasteiger partial charge in [0, 0.05) is 21.8 Å². The summed E-state index contributed by atoms with van der Waals surface area (Å²) in [6, 6.07) is 17.6. The number of anilines is 1. The van der Waals surface area contributed by atoms with E-state index in [2.05, 4.69) is 50.5 Å². The molecular formula is C25H23BrN4O2. The minimum atomic E-state index is -0.239. The van der Waals surface area contributed by atoms with Crippen molar-refractivity contribution in [3.8, 4) is 11.4 Å². The van der Waals surface area contributed by atoms with Gasteiger partial charge in [-0.1, -0.05) is 35.0 Å². The maximum atomic E-state index is 12.6. The molecule has 0 unspecified atom stereocenters. The molecular weight excluding hydrogens is 468 g/mol. The zero-order chi connectivity index (χ0) is 22.7. The first kappa shape index (κ1) is 21.8. The van der Waals surface area contributed by atoms with E-state index < -0.39 is 0 Å². The predicted octanol–water partition coefficient (Wildman–Crippen LogP) is 5.71. The molecule has 0 aliphatic heterocycles. The molecule has 0 aliphatic carbocycles. The van der Waals surface area contributed by atoms with Gasteiger partial charge in [0.2, 0.25) is 5.91 Å². The third-order valence-electron chi connectivity index (χ3n) is 5.17. The highest BCUT2D eigenvalue weighted by Gasteiger charge is 2.10. The molecule has 1 heterocycles. The largest absolute Gasteiger partial charge is 0.496 e. The summed E-state index contributed by atoms with van der Waals surface area (Å²) in [5.41, 5.74) is 6.06. The van der Waals surface area contributed by atoms with Crippen molar-refractivity contribution in [3.63, 3.8) is 0 Å². The summed E-state index contributed by atoms with van der Waals surface area (Å²) in [5, 5.41) is 12.1. The van der Waals surface area contributed by atoms with Gasteiger partial charge < -0.3 is 10.1 Å². The number of aromatic nitrogens is 3. The van der Waals surface area contributed by atoms with Crippen molar-refractivity contribution in [1.82, 2.24) is 15.0 Å². The maximum Gasteiger partial charge on any atom is 0.248 e. The molecule has 32 heavy (non-hydrogen) atoms. The van der Waals surface area contributed by atoms with Gasteiger partial charge in [-0.15, -0.1) is 10.2 Å². The summed E-state index contributed by atoms with van der Waals surface area (Å²) in [6.45, 7) is 4.06. The molecule has 1 aromatic heterocycles. The molecule has 162 valence electrons. The highest BCUT2D eigenvalue weighted by molar-refractivity contribution is 9.10. The molecule has 1 N–H and O–H groups in total. The summed E-state index contributed by atoms with van der Waals surface area (Å²) < 4.78 is 6.26. The molecule has 3 aromatic carbocycles. The first-order valence-corrected chi connectivity index (χ1v) is 11.1. The molecule has 0 saturated heterocycles. The van der Waals surface area contributed by atoms with E-state index in [1.165, 1.54) is 11.6 Å². The number of fused-ring (bicyclic) bond motifs is 1. The van der Waals surface area contributed by atoms with Crippen LogP contribution >= 0.6 is 15.9 Å². The van der Waals surface area contributed by atoms with Crippen LogP contribution in [0.4, 0.5) is 5.69 Å². The van der Waals surface area contributed by atoms with Gasteiger partial charge in [0.1, 0.15) is 16.8 Å². The molecule has 6 nitrogen and oxygen atoms in total. The van der Waals surface area contributed by atoms with Crippen molar-refractivity contribution < 1.29 is 9.53 Å². The molecule has 0 spiro atoms. The lowest BCUT2D eigenvalue weighted by Gasteiger charge is -2.07. The number of rotatable bonds is 6. The lowest BCUT2D eigenvalue weighted by molar-refractivity contribution is -0.111. The van der Waals surface area contributed by atoms with Crippen LogP contribution < -0.4 is 10.1 Å². The van der Waals surface area contributed by atoms with Gasteiger partial charge in [0.05, 0.1) is 12.8 Å². The van der Waals surface area contributed by atoms with Gasteiger partial charge in [-0.3, -0.25) is 4.79 Å². The molecule has 0 fully saturated rings. The SMILES string of the molecule is CCc1ccc(-n2nc3cc(C)c(NC(=O)/C=C/c4cc(Br)ccc4OC)cc3n2)cc1. The number of hydrogen-bond donors (Lipinski definition) is 1. The molecule has 0 saturated carbocycles. The molecule has 4 aromatic rings. The van der Waals surface area contributed by atoms with Crippen molar-refractivity contribution in [2.45, 2.75) is 20.3 Å². The zero-order valence-corrected chi connectivity index (χ0v) is 19.7. The fraction of sp³-hybridized carbons (Fsp3) is 0.160. The summed E-state index contributed by atoms with van der Waals surface area (Å²) in [5.74, 6) is 0.454. The molecule has 0 aliphatic rings. The van der Waals surface area contributed by atoms with Crippen LogP contribution in [0.15, 0.2) is 65.1 Å². The number of carbonyl (C=O) groups excluding carboxylic acids is 1. The Morgan fingerprint density at radius 3 is 2.50 bits per heavy atom. The van der Waals surface area contributed by atoms with E-state index in [-0.39, 0.29) is 5.91 Å². The first-order valence-electron chi connectivity index (χ1n) is 10.3. The van der Waals surface area contributed by atoms with E-state index in [4.69, 9.17) is 4.74 Å². The Kier molecular flexibility index (Phi) is 6.37. The molecule has 0 bridgehead atoms. The van der Waals surface area contributed by atoms with Crippen molar-refractivity contribution in [1.29, 1.82) is 0 Å². The van der Waals surface area contributed by atoms with Gasteiger partial charge in [-0.25, -0.2) is 0 Å². The van der Waals surface area contributed by atoms with E-state index in [0.29, 0.717) is 17.0 Å². The summed E-state index contributed by atoms with van der Waals surface area (Å²) in [7, 11) is 1.60. The minimum absolute atomic E-state index is 0.239. The topological polar surface area (TPSA) is 69.0 Å². The van der Waals surface area contributed by atoms with Crippen LogP contribution in [0.1, 0.15) is 23.6 Å². The van der Waals surface area contributed by atoms with Gasteiger partial charge in [0.25, 0.3) is 0 Å². The summed E-state index contributed by atoms with van der Waals surface area (Å²) in [6.07, 6.45) is 4.20. The zero-order valence-electron chi connectivity index (χ0n) is 18.1. The van der Waals surface area contributed by atoms with Crippen molar-refractivity contribution in [3.05, 3.63) is 81.8 Å². The Labute approximate surface area is 195 Å². The molecule has 1 amide bonds. The van der Waals surface area contributed by atoms with Crippen LogP contribution in [0, 0.1) is 6.92 Å². The van der Waals surface area contributed by atoms with Gasteiger partial charge in [-0.2, -0.15) is 4.80 Å². The fourth-order valence-corrected chi connectivity index (χ4v) is 3.74. The monoisotopic (exact) mass is 490 g/mol. The average Bonchev–Trinajstić information content (AvgIpc) is 3.20. The lowest BCUT2D eigenvalue weighted by Crippen LogP contribution is -2.09. The number of benzene rings is 3. The second kappa shape index (κ2) is 9.36. The number of methoxy groups -OCH3 is 1. The van der Waals surface area contributed by atoms with Gasteiger partial charge in [0.15, 0.2) is 0 Å². The Morgan fingerprint density at radius 1 is 1.09 bits per heavy atom. The lowest BCUT2D eigenvalue weighted by atomic mass is 10.1. The summed E-state index contributed by atoms with van der Waals surface area (Å²) >= 11 is 3.44. The van der Waals surface area contributed by atoms with E-state index in [0.717, 1.165) is 33.2 Å². The number of carbonyl (C=O) groups is 1. The smallest absolute Gasteiger partial charge is 0.248 e. The van der Waals surface area contributed by atoms with Gasteiger partial charge >= 0.3 is 0 Å². The van der Waals surface area contributed by atoms with Crippen LogP contribution in [0.2, 0.25) is 0 Å². The van der Waals surface area contributed by atoms with E-state index in [9.17, 15) is 4.79 Å². The Morgan fingerprint density at radius 2 is 1.81 bits per heavy atom. The Balaban J connectivity index is 1.56. The van der Waals surface area contributed by atoms with Crippen LogP contribution in [-0.4, -0.2) is 28.0 Å². The van der Waals surface area contributed by atoms with Crippen molar-refractivity contribution >= 4 is 44.6 Å². The Hall–Kier alpha value is -3.45.